The maximum absolute atomic E-state index is 4.59. The molecule has 0 saturated heterocycles. The summed E-state index contributed by atoms with van der Waals surface area (Å²) in [5.74, 6) is 0.886. The summed E-state index contributed by atoms with van der Waals surface area (Å²) in [5, 5.41) is 5.48. The van der Waals surface area contributed by atoms with Crippen molar-refractivity contribution in [2.45, 2.75) is 39.3 Å². The summed E-state index contributed by atoms with van der Waals surface area (Å²) in [6, 6.07) is 2.75. The van der Waals surface area contributed by atoms with Gasteiger partial charge in [0.25, 0.3) is 0 Å². The highest BCUT2D eigenvalue weighted by molar-refractivity contribution is 8.14. The van der Waals surface area contributed by atoms with Crippen molar-refractivity contribution in [3.63, 3.8) is 0 Å². The van der Waals surface area contributed by atoms with Crippen LogP contribution in [0, 0.1) is 13.8 Å². The summed E-state index contributed by atoms with van der Waals surface area (Å²) < 4.78 is 2.27. The molecular formula is C15H20N4S. The SMILES string of the molecule is C=CCn1c(C)cc(C2=NNC(=NC3CC3)SC2)c1C. The number of nitrogens with zero attached hydrogens (tertiary/aromatic N) is 3. The summed E-state index contributed by atoms with van der Waals surface area (Å²) in [6.45, 7) is 8.94. The first-order valence-electron chi connectivity index (χ1n) is 7.00. The first kappa shape index (κ1) is 13.5. The number of amidine groups is 1. The van der Waals surface area contributed by atoms with Crippen LogP contribution >= 0.6 is 11.8 Å². The van der Waals surface area contributed by atoms with Crippen LogP contribution in [-0.4, -0.2) is 27.2 Å². The number of thioether (sulfide) groups is 1. The first-order chi connectivity index (χ1) is 9.69. The van der Waals surface area contributed by atoms with Crippen LogP contribution in [0.4, 0.5) is 0 Å². The molecule has 0 radical (unpaired) electrons. The maximum atomic E-state index is 4.59. The van der Waals surface area contributed by atoms with Crippen LogP contribution in [0.25, 0.3) is 0 Å². The molecule has 5 heteroatoms. The summed E-state index contributed by atoms with van der Waals surface area (Å²) >= 11 is 1.75. The number of hydrogen-bond donors (Lipinski definition) is 1. The predicted molar refractivity (Wildman–Crippen MR) is 86.7 cm³/mol. The first-order valence-corrected chi connectivity index (χ1v) is 7.98. The molecule has 1 fully saturated rings. The van der Waals surface area contributed by atoms with Crippen LogP contribution in [0.2, 0.25) is 0 Å². The Morgan fingerprint density at radius 1 is 1.55 bits per heavy atom. The standard InChI is InChI=1S/C15H20N4S/c1-4-7-19-10(2)8-13(11(19)3)14-9-20-15(18-17-14)16-12-5-6-12/h4,8,12H,1,5-7,9H2,2-3H3,(H,16,18). The largest absolute Gasteiger partial charge is 0.345 e. The molecule has 2 aliphatic rings. The molecule has 3 rings (SSSR count). The van der Waals surface area contributed by atoms with Crippen molar-refractivity contribution < 1.29 is 0 Å². The smallest absolute Gasteiger partial charge is 0.177 e. The van der Waals surface area contributed by atoms with Gasteiger partial charge in [0.05, 0.1) is 11.8 Å². The van der Waals surface area contributed by atoms with Crippen LogP contribution in [0.1, 0.15) is 29.8 Å². The Hall–Kier alpha value is -1.49. The van der Waals surface area contributed by atoms with Gasteiger partial charge in [0.2, 0.25) is 0 Å². The molecule has 0 bridgehead atoms. The quantitative estimate of drug-likeness (QED) is 0.866. The lowest BCUT2D eigenvalue weighted by molar-refractivity contribution is 0.768. The van der Waals surface area contributed by atoms with E-state index in [1.54, 1.807) is 11.8 Å². The number of aliphatic imine (C=N–C) groups is 1. The van der Waals surface area contributed by atoms with E-state index >= 15 is 0 Å². The monoisotopic (exact) mass is 288 g/mol. The molecule has 1 aliphatic carbocycles. The molecule has 106 valence electrons. The Labute approximate surface area is 124 Å². The molecule has 1 aromatic heterocycles. The van der Waals surface area contributed by atoms with Crippen LogP contribution in [0.3, 0.4) is 0 Å². The molecule has 1 N–H and O–H groups in total. The normalized spacial score (nSPS) is 20.7. The van der Waals surface area contributed by atoms with Gasteiger partial charge in [-0.15, -0.1) is 6.58 Å². The minimum absolute atomic E-state index is 0.541. The third-order valence-electron chi connectivity index (χ3n) is 3.68. The van der Waals surface area contributed by atoms with Crippen LogP contribution in [0.5, 0.6) is 0 Å². The number of aromatic nitrogens is 1. The fraction of sp³-hybridized carbons (Fsp3) is 0.467. The molecule has 1 aliphatic heterocycles. The Morgan fingerprint density at radius 2 is 2.35 bits per heavy atom. The predicted octanol–water partition coefficient (Wildman–Crippen LogP) is 2.85. The zero-order valence-electron chi connectivity index (χ0n) is 12.0. The zero-order chi connectivity index (χ0) is 14.1. The van der Waals surface area contributed by atoms with Crippen molar-refractivity contribution in [1.82, 2.24) is 9.99 Å². The van der Waals surface area contributed by atoms with Crippen LogP contribution in [0.15, 0.2) is 28.8 Å². The fourth-order valence-corrected chi connectivity index (χ4v) is 3.22. The van der Waals surface area contributed by atoms with Crippen molar-refractivity contribution in [3.8, 4) is 0 Å². The van der Waals surface area contributed by atoms with Gasteiger partial charge in [0.1, 0.15) is 0 Å². The Kier molecular flexibility index (Phi) is 3.70. The molecule has 4 nitrogen and oxygen atoms in total. The van der Waals surface area contributed by atoms with E-state index in [2.05, 4.69) is 46.6 Å². The van der Waals surface area contributed by atoms with E-state index in [1.165, 1.54) is 29.8 Å². The summed E-state index contributed by atoms with van der Waals surface area (Å²) in [6.07, 6.45) is 4.38. The molecule has 2 heterocycles. The molecule has 0 spiro atoms. The van der Waals surface area contributed by atoms with E-state index in [1.807, 2.05) is 6.08 Å². The molecule has 0 amide bonds. The number of hydrogen-bond acceptors (Lipinski definition) is 3. The van der Waals surface area contributed by atoms with Crippen molar-refractivity contribution in [1.29, 1.82) is 0 Å². The number of rotatable bonds is 4. The molecule has 0 atom stereocenters. The third kappa shape index (κ3) is 2.68. The van der Waals surface area contributed by atoms with Crippen molar-refractivity contribution >= 4 is 22.6 Å². The molecular weight excluding hydrogens is 268 g/mol. The minimum Gasteiger partial charge on any atom is -0.345 e. The number of allylic oxidation sites excluding steroid dienone is 1. The van der Waals surface area contributed by atoms with E-state index in [0.29, 0.717) is 6.04 Å². The van der Waals surface area contributed by atoms with E-state index in [0.717, 1.165) is 23.2 Å². The number of nitrogens with one attached hydrogen (secondary N) is 1. The van der Waals surface area contributed by atoms with Crippen LogP contribution < -0.4 is 5.43 Å². The van der Waals surface area contributed by atoms with E-state index < -0.39 is 0 Å². The highest BCUT2D eigenvalue weighted by Crippen LogP contribution is 2.26. The van der Waals surface area contributed by atoms with Gasteiger partial charge in [-0.2, -0.15) is 5.10 Å². The molecule has 0 aromatic carbocycles. The maximum Gasteiger partial charge on any atom is 0.177 e. The zero-order valence-corrected chi connectivity index (χ0v) is 12.8. The molecule has 20 heavy (non-hydrogen) atoms. The van der Waals surface area contributed by atoms with Gasteiger partial charge in [-0.05, 0) is 32.8 Å². The lowest BCUT2D eigenvalue weighted by Crippen LogP contribution is -2.26. The number of aryl methyl sites for hydroxylation is 1. The van der Waals surface area contributed by atoms with Crippen LogP contribution in [-0.2, 0) is 6.54 Å². The van der Waals surface area contributed by atoms with Gasteiger partial charge in [0.15, 0.2) is 5.17 Å². The average molecular weight is 288 g/mol. The van der Waals surface area contributed by atoms with E-state index in [9.17, 15) is 0 Å². The summed E-state index contributed by atoms with van der Waals surface area (Å²) in [5.41, 5.74) is 7.94. The van der Waals surface area contributed by atoms with Gasteiger partial charge in [-0.1, -0.05) is 17.8 Å². The topological polar surface area (TPSA) is 41.7 Å². The highest BCUT2D eigenvalue weighted by Gasteiger charge is 2.23. The lowest BCUT2D eigenvalue weighted by Gasteiger charge is -2.15. The van der Waals surface area contributed by atoms with Gasteiger partial charge in [-0.25, -0.2) is 0 Å². The van der Waals surface area contributed by atoms with E-state index in [-0.39, 0.29) is 0 Å². The van der Waals surface area contributed by atoms with E-state index in [4.69, 9.17) is 0 Å². The van der Waals surface area contributed by atoms with Gasteiger partial charge in [0, 0.05) is 29.2 Å². The fourth-order valence-electron chi connectivity index (χ4n) is 2.39. The Balaban J connectivity index is 1.81. The van der Waals surface area contributed by atoms with Crippen molar-refractivity contribution in [2.75, 3.05) is 5.75 Å². The van der Waals surface area contributed by atoms with Crippen molar-refractivity contribution in [2.24, 2.45) is 10.1 Å². The average Bonchev–Trinajstić information content (AvgIpc) is 3.21. The van der Waals surface area contributed by atoms with Crippen molar-refractivity contribution in [3.05, 3.63) is 35.7 Å². The van der Waals surface area contributed by atoms with Gasteiger partial charge < -0.3 is 4.57 Å². The Morgan fingerprint density at radius 3 is 2.95 bits per heavy atom. The summed E-state index contributed by atoms with van der Waals surface area (Å²) in [7, 11) is 0. The van der Waals surface area contributed by atoms with Gasteiger partial charge in [-0.3, -0.25) is 10.4 Å². The second kappa shape index (κ2) is 5.48. The lowest BCUT2D eigenvalue weighted by atomic mass is 10.1. The second-order valence-electron chi connectivity index (χ2n) is 5.31. The summed E-state index contributed by atoms with van der Waals surface area (Å²) in [4.78, 5) is 4.59. The highest BCUT2D eigenvalue weighted by atomic mass is 32.2. The van der Waals surface area contributed by atoms with Gasteiger partial charge >= 0.3 is 0 Å². The number of hydrazone groups is 1. The second-order valence-corrected chi connectivity index (χ2v) is 6.27. The third-order valence-corrected chi connectivity index (χ3v) is 4.56. The minimum atomic E-state index is 0.541. The molecule has 1 aromatic rings. The molecule has 0 unspecified atom stereocenters. The molecule has 1 saturated carbocycles. The Bertz CT molecular complexity index is 593.